The first-order valence-corrected chi connectivity index (χ1v) is 12.8. The maximum Gasteiger partial charge on any atom is 0.219 e. The summed E-state index contributed by atoms with van der Waals surface area (Å²) in [6.07, 6.45) is 9.61. The summed E-state index contributed by atoms with van der Waals surface area (Å²) < 4.78 is 0. The number of rotatable bonds is 3. The molecule has 0 radical (unpaired) electrons. The van der Waals surface area contributed by atoms with E-state index in [2.05, 4.69) is 39.7 Å². The molecule has 5 rings (SSSR count). The Labute approximate surface area is 189 Å². The second kappa shape index (κ2) is 6.59. The molecule has 0 aromatic heterocycles. The van der Waals surface area contributed by atoms with E-state index in [1.807, 2.05) is 11.9 Å². The number of amides is 1. The average Bonchev–Trinajstić information content (AvgIpc) is 3.32. The van der Waals surface area contributed by atoms with Crippen molar-refractivity contribution >= 4 is 5.91 Å². The molecule has 5 aliphatic carbocycles. The lowest BCUT2D eigenvalue weighted by atomic mass is 9.43. The minimum Gasteiger partial charge on any atom is -0.393 e. The molecule has 0 heterocycles. The number of carbonyl (C=O) groups is 1. The topological polar surface area (TPSA) is 52.6 Å². The van der Waals surface area contributed by atoms with E-state index in [-0.39, 0.29) is 34.8 Å². The summed E-state index contributed by atoms with van der Waals surface area (Å²) in [5.41, 5.74) is 2.66. The fourth-order valence-electron chi connectivity index (χ4n) is 10.5. The summed E-state index contributed by atoms with van der Waals surface area (Å²) in [6, 6.07) is 0.568. The normalized spacial score (nSPS) is 53.6. The van der Waals surface area contributed by atoms with Crippen LogP contribution in [-0.2, 0) is 4.79 Å². The van der Waals surface area contributed by atoms with Crippen molar-refractivity contribution in [1.29, 1.82) is 0 Å². The number of hydrogen-bond donors (Lipinski definition) is 2. The second-order valence-corrected chi connectivity index (χ2v) is 12.6. The number of carbonyl (C=O) groups excluding carboxylic acids is 1. The predicted octanol–water partition coefficient (Wildman–Crippen LogP) is 4.38. The summed E-state index contributed by atoms with van der Waals surface area (Å²) in [5.74, 6) is 1.65. The van der Waals surface area contributed by atoms with Crippen LogP contribution in [0.3, 0.4) is 0 Å². The quantitative estimate of drug-likeness (QED) is 0.656. The van der Waals surface area contributed by atoms with E-state index in [9.17, 15) is 9.90 Å². The van der Waals surface area contributed by atoms with Crippen LogP contribution >= 0.6 is 0 Å². The van der Waals surface area contributed by atoms with Gasteiger partial charge in [0, 0.05) is 32.0 Å². The molecule has 0 bridgehead atoms. The summed E-state index contributed by atoms with van der Waals surface area (Å²) in [5, 5.41) is 14.9. The number of nitrogens with zero attached hydrogens (tertiary/aromatic N) is 1. The minimum atomic E-state index is -0.315. The van der Waals surface area contributed by atoms with E-state index in [4.69, 9.17) is 0 Å². The van der Waals surface area contributed by atoms with Gasteiger partial charge in [0.15, 0.2) is 0 Å². The molecule has 1 amide bonds. The Morgan fingerprint density at radius 3 is 2.52 bits per heavy atom. The Morgan fingerprint density at radius 1 is 1.16 bits per heavy atom. The van der Waals surface area contributed by atoms with Crippen LogP contribution < -0.4 is 5.32 Å². The van der Waals surface area contributed by atoms with E-state index in [1.54, 1.807) is 6.92 Å². The molecule has 31 heavy (non-hydrogen) atoms. The number of aliphatic hydroxyl groups excluding tert-OH is 1. The Hall–Kier alpha value is -0.870. The first kappa shape index (κ1) is 21.9. The van der Waals surface area contributed by atoms with Crippen molar-refractivity contribution in [3.63, 3.8) is 0 Å². The van der Waals surface area contributed by atoms with Gasteiger partial charge in [-0.05, 0) is 98.8 Å². The summed E-state index contributed by atoms with van der Waals surface area (Å²) >= 11 is 0. The molecule has 4 nitrogen and oxygen atoms in total. The lowest BCUT2D eigenvalue weighted by Crippen LogP contribution is -2.57. The smallest absolute Gasteiger partial charge is 0.219 e. The first-order valence-electron chi connectivity index (χ1n) is 12.8. The fraction of sp³-hybridized carbons (Fsp3) is 0.889. The van der Waals surface area contributed by atoms with Gasteiger partial charge in [-0.15, -0.1) is 0 Å². The predicted molar refractivity (Wildman–Crippen MR) is 124 cm³/mol. The third-order valence-corrected chi connectivity index (χ3v) is 12.3. The van der Waals surface area contributed by atoms with Gasteiger partial charge in [0.25, 0.3) is 0 Å². The Morgan fingerprint density at radius 2 is 1.87 bits per heavy atom. The van der Waals surface area contributed by atoms with Crippen molar-refractivity contribution in [3.8, 4) is 0 Å². The van der Waals surface area contributed by atoms with E-state index >= 15 is 0 Å². The molecule has 4 heteroatoms. The number of likely N-dealkylation sites (N-methyl/N-ethyl adjacent to an activating group) is 1. The van der Waals surface area contributed by atoms with Crippen molar-refractivity contribution in [2.45, 2.75) is 97.2 Å². The lowest BCUT2D eigenvalue weighted by Gasteiger charge is -2.61. The second-order valence-electron chi connectivity index (χ2n) is 12.6. The van der Waals surface area contributed by atoms with Crippen LogP contribution in [0.2, 0.25) is 0 Å². The van der Waals surface area contributed by atoms with Gasteiger partial charge in [-0.1, -0.05) is 26.0 Å². The summed E-state index contributed by atoms with van der Waals surface area (Å²) in [6.45, 7) is 13.4. The van der Waals surface area contributed by atoms with Gasteiger partial charge in [0.2, 0.25) is 5.91 Å². The third kappa shape index (κ3) is 2.42. The van der Waals surface area contributed by atoms with E-state index < -0.39 is 0 Å². The van der Waals surface area contributed by atoms with Crippen molar-refractivity contribution in [1.82, 2.24) is 10.2 Å². The molecule has 10 atom stereocenters. The molecule has 10 unspecified atom stereocenters. The van der Waals surface area contributed by atoms with Crippen LogP contribution in [0.4, 0.5) is 0 Å². The van der Waals surface area contributed by atoms with Crippen LogP contribution in [-0.4, -0.2) is 48.2 Å². The molecule has 2 spiro atoms. The molecule has 0 aliphatic heterocycles. The fourth-order valence-corrected chi connectivity index (χ4v) is 10.5. The van der Waals surface area contributed by atoms with E-state index in [0.29, 0.717) is 28.7 Å². The number of hydrogen-bond acceptors (Lipinski definition) is 3. The van der Waals surface area contributed by atoms with Crippen molar-refractivity contribution in [3.05, 3.63) is 12.2 Å². The zero-order chi connectivity index (χ0) is 22.6. The van der Waals surface area contributed by atoms with Crippen LogP contribution in [0.25, 0.3) is 0 Å². The largest absolute Gasteiger partial charge is 0.393 e. The molecule has 5 saturated carbocycles. The van der Waals surface area contributed by atoms with Crippen molar-refractivity contribution < 1.29 is 9.90 Å². The number of fused-ring (bicyclic) bond motifs is 2. The third-order valence-electron chi connectivity index (χ3n) is 12.3. The molecule has 2 N–H and O–H groups in total. The number of nitrogens with one attached hydrogen (secondary N) is 1. The first-order chi connectivity index (χ1) is 14.5. The SMILES string of the molecule is C=C1C(NC)CCC23CC24CCC2(C)C(C(C)N(C)C(C)=O)C(O)CC2(C)C4CCC13. The molecule has 0 saturated heterocycles. The van der Waals surface area contributed by atoms with Crippen LogP contribution in [0.15, 0.2) is 12.2 Å². The van der Waals surface area contributed by atoms with E-state index in [1.165, 1.54) is 50.5 Å². The van der Waals surface area contributed by atoms with Crippen LogP contribution in [0.1, 0.15) is 79.1 Å². The van der Waals surface area contributed by atoms with E-state index in [0.717, 1.165) is 6.42 Å². The minimum absolute atomic E-state index is 0.0729. The standard InChI is InChI=1S/C27H44N2O2/c1-16-19-8-9-22-25(5)14-21(31)23(17(2)29(7)18(3)30)24(25,4)12-13-27(22)15-26(19,27)11-10-20(16)28-6/h17,19-23,28,31H,1,8-15H2,2-7H3. The zero-order valence-corrected chi connectivity index (χ0v) is 20.6. The highest BCUT2D eigenvalue weighted by molar-refractivity contribution is 5.73. The molecular weight excluding hydrogens is 384 g/mol. The summed E-state index contributed by atoms with van der Waals surface area (Å²) in [4.78, 5) is 14.0. The molecule has 0 aromatic rings. The monoisotopic (exact) mass is 428 g/mol. The maximum absolute atomic E-state index is 12.1. The van der Waals surface area contributed by atoms with Gasteiger partial charge < -0.3 is 15.3 Å². The van der Waals surface area contributed by atoms with Gasteiger partial charge >= 0.3 is 0 Å². The Balaban J connectivity index is 1.49. The van der Waals surface area contributed by atoms with Gasteiger partial charge in [-0.2, -0.15) is 0 Å². The molecule has 5 aliphatic rings. The van der Waals surface area contributed by atoms with Crippen molar-refractivity contribution in [2.24, 2.45) is 39.4 Å². The average molecular weight is 429 g/mol. The highest BCUT2D eigenvalue weighted by Crippen LogP contribution is 2.88. The number of aliphatic hydroxyl groups is 1. The Kier molecular flexibility index (Phi) is 4.67. The van der Waals surface area contributed by atoms with Gasteiger partial charge in [0.05, 0.1) is 6.10 Å². The van der Waals surface area contributed by atoms with Gasteiger partial charge in [-0.25, -0.2) is 0 Å². The Bertz CT molecular complexity index is 811. The summed E-state index contributed by atoms with van der Waals surface area (Å²) in [7, 11) is 4.00. The highest BCUT2D eigenvalue weighted by Gasteiger charge is 2.81. The van der Waals surface area contributed by atoms with Crippen LogP contribution in [0, 0.1) is 39.4 Å². The molecule has 174 valence electrons. The maximum atomic E-state index is 12.1. The molecule has 5 fully saturated rings. The molecular formula is C27H44N2O2. The highest BCUT2D eigenvalue weighted by atomic mass is 16.3. The molecule has 0 aromatic carbocycles. The van der Waals surface area contributed by atoms with Gasteiger partial charge in [0.1, 0.15) is 0 Å². The van der Waals surface area contributed by atoms with Crippen molar-refractivity contribution in [2.75, 3.05) is 14.1 Å². The van der Waals surface area contributed by atoms with Gasteiger partial charge in [-0.3, -0.25) is 4.79 Å². The lowest BCUT2D eigenvalue weighted by molar-refractivity contribution is -0.140. The van der Waals surface area contributed by atoms with Crippen LogP contribution in [0.5, 0.6) is 0 Å². The zero-order valence-electron chi connectivity index (χ0n) is 20.6.